The van der Waals surface area contributed by atoms with E-state index in [0.29, 0.717) is 0 Å². The van der Waals surface area contributed by atoms with Gasteiger partial charge in [0.1, 0.15) is 0 Å². The molecule has 0 spiro atoms. The number of hydrogen-bond donors (Lipinski definition) is 2. The third-order valence-electron chi connectivity index (χ3n) is 2.26. The van der Waals surface area contributed by atoms with Gasteiger partial charge in [0.15, 0.2) is 0 Å². The van der Waals surface area contributed by atoms with Crippen molar-refractivity contribution in [3.63, 3.8) is 0 Å². The van der Waals surface area contributed by atoms with Crippen molar-refractivity contribution in [2.75, 3.05) is 13.1 Å². The van der Waals surface area contributed by atoms with Crippen LogP contribution >= 0.6 is 18.2 Å². The van der Waals surface area contributed by atoms with E-state index in [-0.39, 0.29) is 25.9 Å². The molecule has 0 saturated carbocycles. The number of amides is 1. The van der Waals surface area contributed by atoms with Gasteiger partial charge in [0.2, 0.25) is 0 Å². The molecule has 1 aliphatic rings. The van der Waals surface area contributed by atoms with Crippen molar-refractivity contribution in [1.29, 1.82) is 0 Å². The Morgan fingerprint density at radius 2 is 1.94 bits per heavy atom. The quantitative estimate of drug-likeness (QED) is 0.770. The average molecular weight is 311 g/mol. The fraction of sp³-hybridized carbons (Fsp3) is 0.857. The molecule has 11 heteroatoms. The Labute approximate surface area is 105 Å². The van der Waals surface area contributed by atoms with Crippen molar-refractivity contribution in [3.05, 3.63) is 0 Å². The van der Waals surface area contributed by atoms with Gasteiger partial charge in [-0.3, -0.25) is 4.79 Å². The molecule has 1 aliphatic heterocycles. The second kappa shape index (κ2) is 5.75. The summed E-state index contributed by atoms with van der Waals surface area (Å²) in [5.41, 5.74) is 0. The number of halogens is 4. The fourth-order valence-electron chi connectivity index (χ4n) is 1.49. The van der Waals surface area contributed by atoms with Gasteiger partial charge in [0, 0.05) is 30.4 Å². The Morgan fingerprint density at radius 1 is 1.44 bits per heavy atom. The molecule has 2 N–H and O–H groups in total. The maximum atomic E-state index is 12.0. The van der Waals surface area contributed by atoms with E-state index in [9.17, 15) is 22.5 Å². The first-order valence-corrected chi connectivity index (χ1v) is 7.41. The second-order valence-corrected chi connectivity index (χ2v) is 6.06. The maximum absolute atomic E-state index is 12.0. The summed E-state index contributed by atoms with van der Waals surface area (Å²) in [5, 5.41) is 2.92. The molecule has 1 unspecified atom stereocenters. The number of carbonyl (C=O) groups excluding carboxylic acids is 1. The van der Waals surface area contributed by atoms with E-state index in [2.05, 4.69) is 4.62 Å². The minimum Gasteiger partial charge on any atom is -0.345 e. The average Bonchev–Trinajstić information content (AvgIpc) is 2.17. The molecular weight excluding hydrogens is 300 g/mol. The molecule has 0 bridgehead atoms. The van der Waals surface area contributed by atoms with Crippen LogP contribution in [0.4, 0.5) is 13.2 Å². The molecule has 0 radical (unpaired) electrons. The first-order chi connectivity index (χ1) is 8.08. The molecule has 0 aliphatic carbocycles. The lowest BCUT2D eigenvalue weighted by molar-refractivity contribution is -0.175. The highest BCUT2D eigenvalue weighted by Crippen LogP contribution is 2.48. The number of nitrogens with one attached hydrogen (secondary N) is 1. The molecule has 1 atom stereocenters. The topological polar surface area (TPSA) is 78.9 Å². The van der Waals surface area contributed by atoms with Gasteiger partial charge in [-0.1, -0.05) is 0 Å². The van der Waals surface area contributed by atoms with Crippen molar-refractivity contribution >= 4 is 24.1 Å². The number of piperidine rings is 1. The molecule has 0 aromatic heterocycles. The van der Waals surface area contributed by atoms with Crippen LogP contribution in [0.1, 0.15) is 12.8 Å². The van der Waals surface area contributed by atoms with Gasteiger partial charge in [-0.05, 0) is 12.8 Å². The van der Waals surface area contributed by atoms with E-state index in [1.54, 1.807) is 0 Å². The summed E-state index contributed by atoms with van der Waals surface area (Å²) in [6, 6.07) is -0.646. The van der Waals surface area contributed by atoms with E-state index in [0.717, 1.165) is 5.06 Å². The molecule has 0 aromatic carbocycles. The van der Waals surface area contributed by atoms with Gasteiger partial charge < -0.3 is 10.2 Å². The van der Waals surface area contributed by atoms with E-state index < -0.39 is 25.1 Å². The van der Waals surface area contributed by atoms with Gasteiger partial charge in [-0.15, -0.1) is 0 Å². The van der Waals surface area contributed by atoms with Crippen LogP contribution in [0.3, 0.4) is 0 Å². The second-order valence-electron chi connectivity index (χ2n) is 3.71. The summed E-state index contributed by atoms with van der Waals surface area (Å²) in [7, 11) is 0. The molecule has 1 saturated heterocycles. The van der Waals surface area contributed by atoms with Crippen LogP contribution in [-0.4, -0.2) is 41.2 Å². The SMILES string of the molecule is O=C(NC1CCN(OP(=O)(O)Cl)CC1)C(F)(F)F. The van der Waals surface area contributed by atoms with E-state index in [1.165, 1.54) is 0 Å². The molecule has 0 aromatic rings. The van der Waals surface area contributed by atoms with Gasteiger partial charge in [0.05, 0.1) is 0 Å². The summed E-state index contributed by atoms with van der Waals surface area (Å²) in [4.78, 5) is 19.4. The molecule has 6 nitrogen and oxygen atoms in total. The Hall–Kier alpha value is -0.340. The first kappa shape index (κ1) is 15.7. The fourth-order valence-corrected chi connectivity index (χ4v) is 2.20. The maximum Gasteiger partial charge on any atom is 0.471 e. The van der Waals surface area contributed by atoms with Crippen LogP contribution in [0, 0.1) is 0 Å². The van der Waals surface area contributed by atoms with Gasteiger partial charge in [-0.25, -0.2) is 9.19 Å². The zero-order valence-electron chi connectivity index (χ0n) is 8.98. The number of alkyl halides is 3. The van der Waals surface area contributed by atoms with Crippen molar-refractivity contribution in [2.24, 2.45) is 0 Å². The molecule has 1 heterocycles. The number of nitrogens with zero attached hydrogens (tertiary/aromatic N) is 1. The Bertz CT molecular complexity index is 353. The number of rotatable bonds is 3. The smallest absolute Gasteiger partial charge is 0.345 e. The summed E-state index contributed by atoms with van der Waals surface area (Å²) in [6.07, 6.45) is -4.58. The first-order valence-electron chi connectivity index (χ1n) is 4.93. The van der Waals surface area contributed by atoms with Gasteiger partial charge >= 0.3 is 19.0 Å². The Morgan fingerprint density at radius 3 is 2.33 bits per heavy atom. The van der Waals surface area contributed by atoms with Gasteiger partial charge in [0.25, 0.3) is 0 Å². The molecule has 106 valence electrons. The summed E-state index contributed by atoms with van der Waals surface area (Å²) >= 11 is 4.98. The predicted molar refractivity (Wildman–Crippen MR) is 55.6 cm³/mol. The van der Waals surface area contributed by atoms with Crippen molar-refractivity contribution < 1.29 is 32.0 Å². The number of hydroxylamine groups is 2. The van der Waals surface area contributed by atoms with Gasteiger partial charge in [-0.2, -0.15) is 18.2 Å². The van der Waals surface area contributed by atoms with E-state index in [4.69, 9.17) is 16.1 Å². The monoisotopic (exact) mass is 310 g/mol. The van der Waals surface area contributed by atoms with Crippen LogP contribution in [0.25, 0.3) is 0 Å². The number of hydrogen-bond acceptors (Lipinski definition) is 4. The van der Waals surface area contributed by atoms with E-state index in [1.807, 2.05) is 5.32 Å². The zero-order chi connectivity index (χ0) is 14.0. The summed E-state index contributed by atoms with van der Waals surface area (Å²) < 4.78 is 51.1. The van der Waals surface area contributed by atoms with Crippen LogP contribution in [-0.2, 0) is 14.0 Å². The summed E-state index contributed by atoms with van der Waals surface area (Å²) in [6.45, 7) is -3.98. The van der Waals surface area contributed by atoms with Crippen LogP contribution in [0.5, 0.6) is 0 Å². The van der Waals surface area contributed by atoms with Crippen molar-refractivity contribution in [3.8, 4) is 0 Å². The molecule has 1 amide bonds. The molecular formula is C7H11ClF3N2O4P. The van der Waals surface area contributed by atoms with Crippen molar-refractivity contribution in [1.82, 2.24) is 10.4 Å². The lowest BCUT2D eigenvalue weighted by Gasteiger charge is -2.31. The largest absolute Gasteiger partial charge is 0.471 e. The third kappa shape index (κ3) is 5.53. The van der Waals surface area contributed by atoms with E-state index >= 15 is 0 Å². The predicted octanol–water partition coefficient (Wildman–Crippen LogP) is 1.40. The lowest BCUT2D eigenvalue weighted by Crippen LogP contribution is -2.48. The molecule has 1 rings (SSSR count). The van der Waals surface area contributed by atoms with Crippen LogP contribution in [0.15, 0.2) is 0 Å². The van der Waals surface area contributed by atoms with Crippen molar-refractivity contribution in [2.45, 2.75) is 25.1 Å². The molecule has 1 fully saturated rings. The zero-order valence-corrected chi connectivity index (χ0v) is 10.6. The lowest BCUT2D eigenvalue weighted by atomic mass is 10.1. The third-order valence-corrected chi connectivity index (χ3v) is 2.88. The highest BCUT2D eigenvalue weighted by atomic mass is 35.7. The normalized spacial score (nSPS) is 22.5. The molecule has 18 heavy (non-hydrogen) atoms. The minimum atomic E-state index is -4.91. The highest BCUT2D eigenvalue weighted by Gasteiger charge is 2.40. The summed E-state index contributed by atoms with van der Waals surface area (Å²) in [5.74, 6) is -1.99. The Balaban J connectivity index is 2.36. The standard InChI is InChI=1S/C7H11ClF3N2O4P/c8-18(15,16)17-13-3-1-5(2-4-13)12-6(14)7(9,10)11/h5H,1-4H2,(H,12,14)(H,15,16). The van der Waals surface area contributed by atoms with Crippen LogP contribution < -0.4 is 5.32 Å². The highest BCUT2D eigenvalue weighted by molar-refractivity contribution is 7.80. The van der Waals surface area contributed by atoms with Crippen LogP contribution in [0.2, 0.25) is 0 Å². The minimum absolute atomic E-state index is 0.0973. The number of carbonyl (C=O) groups is 1. The Kier molecular flexibility index (Phi) is 5.02.